The number of H-pyrrole nitrogens is 1. The zero-order valence-electron chi connectivity index (χ0n) is 15.9. The minimum Gasteiger partial charge on any atom is -0.349 e. The molecule has 0 aliphatic carbocycles. The standard InChI is InChI=1S/C19H19N7O2S/c1-12-10-13(2)26(23-12)17-5-6-18(27)25(24-17)8-7-20-19(28)15-11-14(21-22-15)16-4-3-9-29-16/h3-6,9-11H,7-8H2,1-2H3,(H,20,28)(H,21,22). The molecule has 4 heterocycles. The molecule has 0 unspecified atom stereocenters. The summed E-state index contributed by atoms with van der Waals surface area (Å²) in [5.74, 6) is 0.237. The molecule has 4 rings (SSSR count). The summed E-state index contributed by atoms with van der Waals surface area (Å²) in [6, 6.07) is 10.6. The lowest BCUT2D eigenvalue weighted by Gasteiger charge is -2.08. The van der Waals surface area contributed by atoms with Crippen molar-refractivity contribution in [2.24, 2.45) is 0 Å². The van der Waals surface area contributed by atoms with Crippen LogP contribution in [0.15, 0.2) is 46.6 Å². The topological polar surface area (TPSA) is 110 Å². The summed E-state index contributed by atoms with van der Waals surface area (Å²) < 4.78 is 2.99. The van der Waals surface area contributed by atoms with Crippen molar-refractivity contribution >= 4 is 17.2 Å². The maximum absolute atomic E-state index is 12.3. The SMILES string of the molecule is Cc1cc(C)n(-c2ccc(=O)n(CCNC(=O)c3cc(-c4cccs4)[nH]n3)n2)n1. The van der Waals surface area contributed by atoms with Gasteiger partial charge in [0.1, 0.15) is 0 Å². The normalized spacial score (nSPS) is 11.0. The number of amides is 1. The highest BCUT2D eigenvalue weighted by Gasteiger charge is 2.12. The van der Waals surface area contributed by atoms with E-state index in [-0.39, 0.29) is 24.6 Å². The first kappa shape index (κ1) is 18.8. The lowest BCUT2D eigenvalue weighted by Crippen LogP contribution is -2.32. The summed E-state index contributed by atoms with van der Waals surface area (Å²) in [6.45, 7) is 4.30. The van der Waals surface area contributed by atoms with Crippen molar-refractivity contribution in [3.63, 3.8) is 0 Å². The van der Waals surface area contributed by atoms with Crippen LogP contribution in [0.4, 0.5) is 0 Å². The van der Waals surface area contributed by atoms with Gasteiger partial charge in [-0.05, 0) is 43.5 Å². The van der Waals surface area contributed by atoms with Gasteiger partial charge >= 0.3 is 0 Å². The Morgan fingerprint density at radius 3 is 2.79 bits per heavy atom. The monoisotopic (exact) mass is 409 g/mol. The number of nitrogens with one attached hydrogen (secondary N) is 2. The Morgan fingerprint density at radius 1 is 1.21 bits per heavy atom. The Labute approximate surface area is 170 Å². The number of hydrogen-bond donors (Lipinski definition) is 2. The number of aromatic nitrogens is 6. The summed E-state index contributed by atoms with van der Waals surface area (Å²) in [7, 11) is 0. The molecule has 2 N–H and O–H groups in total. The lowest BCUT2D eigenvalue weighted by atomic mass is 10.3. The highest BCUT2D eigenvalue weighted by atomic mass is 32.1. The third kappa shape index (κ3) is 4.02. The molecule has 0 aliphatic rings. The van der Waals surface area contributed by atoms with Crippen LogP contribution >= 0.6 is 11.3 Å². The fourth-order valence-corrected chi connectivity index (χ4v) is 3.63. The minimum atomic E-state index is -0.313. The Bertz CT molecular complexity index is 1200. The van der Waals surface area contributed by atoms with Crippen LogP contribution in [0.3, 0.4) is 0 Å². The Hall–Kier alpha value is -3.53. The number of nitrogens with zero attached hydrogens (tertiary/aromatic N) is 5. The number of aryl methyl sites for hydroxylation is 2. The molecule has 0 saturated heterocycles. The predicted molar refractivity (Wildman–Crippen MR) is 109 cm³/mol. The van der Waals surface area contributed by atoms with Crippen LogP contribution in [0.5, 0.6) is 0 Å². The molecule has 0 bridgehead atoms. The van der Waals surface area contributed by atoms with Gasteiger partial charge in [-0.15, -0.1) is 16.4 Å². The predicted octanol–water partition coefficient (Wildman–Crippen LogP) is 1.93. The summed E-state index contributed by atoms with van der Waals surface area (Å²) in [4.78, 5) is 25.4. The van der Waals surface area contributed by atoms with Gasteiger partial charge in [0.05, 0.1) is 22.8 Å². The van der Waals surface area contributed by atoms with Gasteiger partial charge in [-0.3, -0.25) is 14.7 Å². The van der Waals surface area contributed by atoms with Crippen molar-refractivity contribution < 1.29 is 4.79 Å². The van der Waals surface area contributed by atoms with Crippen LogP contribution in [-0.4, -0.2) is 42.2 Å². The van der Waals surface area contributed by atoms with Gasteiger partial charge in [0, 0.05) is 18.3 Å². The van der Waals surface area contributed by atoms with E-state index >= 15 is 0 Å². The molecule has 10 heteroatoms. The van der Waals surface area contributed by atoms with Crippen molar-refractivity contribution in [2.75, 3.05) is 6.54 Å². The largest absolute Gasteiger partial charge is 0.349 e. The maximum Gasteiger partial charge on any atom is 0.271 e. The molecule has 0 radical (unpaired) electrons. The van der Waals surface area contributed by atoms with Crippen molar-refractivity contribution in [3.05, 3.63) is 69.2 Å². The average Bonchev–Trinajstić information content (AvgIpc) is 3.43. The van der Waals surface area contributed by atoms with E-state index in [1.165, 1.54) is 10.7 Å². The summed E-state index contributed by atoms with van der Waals surface area (Å²) in [5, 5.41) is 20.4. The van der Waals surface area contributed by atoms with Crippen LogP contribution in [-0.2, 0) is 6.54 Å². The van der Waals surface area contributed by atoms with E-state index in [2.05, 4.69) is 25.7 Å². The number of carbonyl (C=O) groups is 1. The Balaban J connectivity index is 1.42. The van der Waals surface area contributed by atoms with E-state index < -0.39 is 0 Å². The summed E-state index contributed by atoms with van der Waals surface area (Å²) in [6.07, 6.45) is 0. The molecule has 0 saturated carbocycles. The molecule has 148 valence electrons. The van der Waals surface area contributed by atoms with Gasteiger partial charge in [0.2, 0.25) is 0 Å². The molecule has 4 aromatic rings. The van der Waals surface area contributed by atoms with E-state index in [1.54, 1.807) is 28.2 Å². The maximum atomic E-state index is 12.3. The third-order valence-corrected chi connectivity index (χ3v) is 5.19. The zero-order valence-corrected chi connectivity index (χ0v) is 16.7. The second-order valence-electron chi connectivity index (χ2n) is 6.49. The summed E-state index contributed by atoms with van der Waals surface area (Å²) in [5.41, 5.74) is 2.64. The van der Waals surface area contributed by atoms with Gasteiger partial charge in [-0.1, -0.05) is 6.07 Å². The van der Waals surface area contributed by atoms with Crippen molar-refractivity contribution in [2.45, 2.75) is 20.4 Å². The number of thiophene rings is 1. The van der Waals surface area contributed by atoms with Crippen molar-refractivity contribution in [3.8, 4) is 16.4 Å². The highest BCUT2D eigenvalue weighted by molar-refractivity contribution is 7.13. The molecule has 0 atom stereocenters. The van der Waals surface area contributed by atoms with E-state index in [1.807, 2.05) is 37.4 Å². The van der Waals surface area contributed by atoms with E-state index in [0.29, 0.717) is 11.5 Å². The zero-order chi connectivity index (χ0) is 20.4. The lowest BCUT2D eigenvalue weighted by molar-refractivity contribution is 0.0946. The van der Waals surface area contributed by atoms with Crippen LogP contribution in [0.1, 0.15) is 21.9 Å². The Kier molecular flexibility index (Phi) is 5.09. The molecule has 0 spiro atoms. The quantitative estimate of drug-likeness (QED) is 0.506. The summed E-state index contributed by atoms with van der Waals surface area (Å²) >= 11 is 1.56. The number of rotatable bonds is 6. The smallest absolute Gasteiger partial charge is 0.271 e. The fraction of sp³-hybridized carbons (Fsp3) is 0.211. The number of aromatic amines is 1. The fourth-order valence-electron chi connectivity index (χ4n) is 2.93. The minimum absolute atomic E-state index is 0.236. The first-order valence-electron chi connectivity index (χ1n) is 9.00. The van der Waals surface area contributed by atoms with Crippen LogP contribution in [0.25, 0.3) is 16.4 Å². The molecule has 29 heavy (non-hydrogen) atoms. The van der Waals surface area contributed by atoms with Gasteiger partial charge in [-0.2, -0.15) is 10.2 Å². The molecule has 1 amide bonds. The number of hydrogen-bond acceptors (Lipinski definition) is 6. The Morgan fingerprint density at radius 2 is 2.07 bits per heavy atom. The van der Waals surface area contributed by atoms with Gasteiger partial charge < -0.3 is 5.32 Å². The highest BCUT2D eigenvalue weighted by Crippen LogP contribution is 2.22. The van der Waals surface area contributed by atoms with Crippen LogP contribution in [0.2, 0.25) is 0 Å². The van der Waals surface area contributed by atoms with E-state index in [9.17, 15) is 9.59 Å². The van der Waals surface area contributed by atoms with Crippen LogP contribution < -0.4 is 10.9 Å². The molecular formula is C19H19N7O2S. The van der Waals surface area contributed by atoms with Gasteiger partial charge in [0.15, 0.2) is 11.5 Å². The van der Waals surface area contributed by atoms with E-state index in [0.717, 1.165) is 22.0 Å². The second kappa shape index (κ2) is 7.84. The van der Waals surface area contributed by atoms with Crippen LogP contribution in [0, 0.1) is 13.8 Å². The average molecular weight is 409 g/mol. The van der Waals surface area contributed by atoms with Gasteiger partial charge in [0.25, 0.3) is 11.5 Å². The molecule has 0 aliphatic heterocycles. The third-order valence-electron chi connectivity index (χ3n) is 4.29. The molecule has 0 aromatic carbocycles. The second-order valence-corrected chi connectivity index (χ2v) is 7.44. The first-order valence-corrected chi connectivity index (χ1v) is 9.88. The molecular weight excluding hydrogens is 390 g/mol. The van der Waals surface area contributed by atoms with Gasteiger partial charge in [-0.25, -0.2) is 9.36 Å². The van der Waals surface area contributed by atoms with E-state index in [4.69, 9.17) is 0 Å². The first-order chi connectivity index (χ1) is 14.0. The molecule has 9 nitrogen and oxygen atoms in total. The molecule has 4 aromatic heterocycles. The van der Waals surface area contributed by atoms with Crippen molar-refractivity contribution in [1.82, 2.24) is 35.1 Å². The molecule has 0 fully saturated rings. The van der Waals surface area contributed by atoms with Crippen molar-refractivity contribution in [1.29, 1.82) is 0 Å². The number of carbonyl (C=O) groups excluding carboxylic acids is 1.